The fraction of sp³-hybridized carbons (Fsp3) is 0.290. The van der Waals surface area contributed by atoms with Crippen LogP contribution >= 0.6 is 0 Å². The van der Waals surface area contributed by atoms with Gasteiger partial charge in [-0.05, 0) is 42.7 Å². The van der Waals surface area contributed by atoms with Crippen molar-refractivity contribution in [3.05, 3.63) is 88.1 Å². The zero-order valence-corrected chi connectivity index (χ0v) is 23.6. The van der Waals surface area contributed by atoms with Gasteiger partial charge >= 0.3 is 5.97 Å². The van der Waals surface area contributed by atoms with Gasteiger partial charge < -0.3 is 21.1 Å². The summed E-state index contributed by atoms with van der Waals surface area (Å²) in [5.74, 6) is -1.18. The maximum absolute atomic E-state index is 13.7. The molecule has 1 saturated carbocycles. The number of imidazole rings is 1. The molecule has 4 aromatic rings. The Kier molecular flexibility index (Phi) is 8.65. The number of hydrogen-bond acceptors (Lipinski definition) is 7. The van der Waals surface area contributed by atoms with Crippen molar-refractivity contribution in [1.82, 2.24) is 14.7 Å². The molecular weight excluding hydrogens is 552 g/mol. The highest BCUT2D eigenvalue weighted by atomic mass is 16.6. The van der Waals surface area contributed by atoms with Gasteiger partial charge in [-0.1, -0.05) is 43.5 Å². The summed E-state index contributed by atoms with van der Waals surface area (Å²) in [5.41, 5.74) is 2.74. The van der Waals surface area contributed by atoms with Crippen molar-refractivity contribution >= 4 is 40.6 Å². The van der Waals surface area contributed by atoms with Gasteiger partial charge in [0.15, 0.2) is 5.65 Å². The van der Waals surface area contributed by atoms with Crippen LogP contribution in [0.4, 0.5) is 17.2 Å². The number of benzene rings is 2. The minimum atomic E-state index is -1.17. The Morgan fingerprint density at radius 3 is 2.49 bits per heavy atom. The van der Waals surface area contributed by atoms with Gasteiger partial charge in [-0.3, -0.25) is 28.9 Å². The molecule has 0 radical (unpaired) electrons. The standard InChI is InChI=1S/C31H32N6O6/c1-19(38)32-23-14-12-20(13-15-23)28-30(33-22-8-3-2-4-9-22)36-16-6-11-25(29(36)35-28)31(41)34-26(18-27(39)40)21-7-5-10-24(17-21)37(42)43/h5-7,10-17,22,26,33H,2-4,8-9,18H2,1H3,(H,32,38)(H,34,41)(H,39,40). The first-order valence-electron chi connectivity index (χ1n) is 14.1. The number of nitro benzene ring substituents is 1. The second-order valence-corrected chi connectivity index (χ2v) is 10.6. The molecule has 2 heterocycles. The maximum atomic E-state index is 13.7. The summed E-state index contributed by atoms with van der Waals surface area (Å²) in [7, 11) is 0. The lowest BCUT2D eigenvalue weighted by atomic mass is 9.95. The number of nitrogens with zero attached hydrogens (tertiary/aromatic N) is 3. The third kappa shape index (κ3) is 6.80. The number of nitrogens with one attached hydrogen (secondary N) is 3. The SMILES string of the molecule is CC(=O)Nc1ccc(-c2nc3c(C(=O)NC(CC(=O)O)c4cccc([N+](=O)[O-])c4)cccn3c2NC2CCCCC2)cc1. The smallest absolute Gasteiger partial charge is 0.305 e. The Morgan fingerprint density at radius 2 is 1.81 bits per heavy atom. The molecule has 1 aliphatic carbocycles. The molecule has 0 bridgehead atoms. The van der Waals surface area contributed by atoms with Gasteiger partial charge in [0.25, 0.3) is 11.6 Å². The van der Waals surface area contributed by atoms with E-state index in [0.29, 0.717) is 22.6 Å². The van der Waals surface area contributed by atoms with Crippen molar-refractivity contribution in [2.45, 2.75) is 57.5 Å². The van der Waals surface area contributed by atoms with Crippen LogP contribution in [0.15, 0.2) is 66.9 Å². The van der Waals surface area contributed by atoms with E-state index in [-0.39, 0.29) is 23.2 Å². The van der Waals surface area contributed by atoms with Crippen LogP contribution in [-0.4, -0.2) is 43.2 Å². The average Bonchev–Trinajstić information content (AvgIpc) is 3.35. The molecule has 1 aliphatic rings. The van der Waals surface area contributed by atoms with Gasteiger partial charge in [-0.2, -0.15) is 0 Å². The summed E-state index contributed by atoms with van der Waals surface area (Å²) in [5, 5.41) is 30.0. The minimum absolute atomic E-state index is 0.179. The number of carboxylic acid groups (broad SMARTS) is 1. The number of nitro groups is 1. The van der Waals surface area contributed by atoms with E-state index in [4.69, 9.17) is 4.98 Å². The third-order valence-corrected chi connectivity index (χ3v) is 7.49. The summed E-state index contributed by atoms with van der Waals surface area (Å²) in [6.45, 7) is 1.44. The fourth-order valence-corrected chi connectivity index (χ4v) is 5.46. The second-order valence-electron chi connectivity index (χ2n) is 10.6. The number of hydrogen-bond donors (Lipinski definition) is 4. The Bertz CT molecular complexity index is 1680. The zero-order valence-electron chi connectivity index (χ0n) is 23.6. The number of anilines is 2. The lowest BCUT2D eigenvalue weighted by Crippen LogP contribution is -2.30. The molecular formula is C31H32N6O6. The summed E-state index contributed by atoms with van der Waals surface area (Å²) >= 11 is 0. The number of amides is 2. The highest BCUT2D eigenvalue weighted by molar-refractivity contribution is 6.01. The van der Waals surface area contributed by atoms with E-state index < -0.39 is 29.3 Å². The van der Waals surface area contributed by atoms with E-state index in [2.05, 4.69) is 16.0 Å². The molecule has 5 rings (SSSR count). The molecule has 2 amide bonds. The predicted octanol–water partition coefficient (Wildman–Crippen LogP) is 5.56. The quantitative estimate of drug-likeness (QED) is 0.139. The molecule has 1 unspecified atom stereocenters. The summed E-state index contributed by atoms with van der Waals surface area (Å²) in [6.07, 6.45) is 6.79. The van der Waals surface area contributed by atoms with E-state index in [1.165, 1.54) is 31.5 Å². The summed E-state index contributed by atoms with van der Waals surface area (Å²) in [4.78, 5) is 52.5. The highest BCUT2D eigenvalue weighted by Gasteiger charge is 2.25. The number of carbonyl (C=O) groups excluding carboxylic acids is 2. The lowest BCUT2D eigenvalue weighted by molar-refractivity contribution is -0.384. The molecule has 2 aromatic heterocycles. The number of rotatable bonds is 10. The van der Waals surface area contributed by atoms with Crippen molar-refractivity contribution in [3.63, 3.8) is 0 Å². The Labute approximate surface area is 247 Å². The molecule has 1 atom stereocenters. The molecule has 12 heteroatoms. The monoisotopic (exact) mass is 584 g/mol. The number of aliphatic carboxylic acids is 1. The first-order valence-corrected chi connectivity index (χ1v) is 14.1. The normalized spacial score (nSPS) is 14.2. The van der Waals surface area contributed by atoms with Crippen molar-refractivity contribution < 1.29 is 24.4 Å². The third-order valence-electron chi connectivity index (χ3n) is 7.49. The molecule has 0 saturated heterocycles. The van der Waals surface area contributed by atoms with Crippen molar-refractivity contribution in [1.29, 1.82) is 0 Å². The molecule has 12 nitrogen and oxygen atoms in total. The van der Waals surface area contributed by atoms with Crippen LogP contribution in [-0.2, 0) is 9.59 Å². The number of fused-ring (bicyclic) bond motifs is 1. The van der Waals surface area contributed by atoms with Crippen molar-refractivity contribution in [2.75, 3.05) is 10.6 Å². The van der Waals surface area contributed by atoms with Crippen LogP contribution in [0, 0.1) is 10.1 Å². The summed E-state index contributed by atoms with van der Waals surface area (Å²) < 4.78 is 1.82. The van der Waals surface area contributed by atoms with Crippen molar-refractivity contribution in [2.24, 2.45) is 0 Å². The number of carbonyl (C=O) groups is 3. The lowest BCUT2D eigenvalue weighted by Gasteiger charge is -2.24. The van der Waals surface area contributed by atoms with E-state index in [0.717, 1.165) is 37.1 Å². The fourth-order valence-electron chi connectivity index (χ4n) is 5.46. The topological polar surface area (TPSA) is 168 Å². The van der Waals surface area contributed by atoms with Crippen LogP contribution < -0.4 is 16.0 Å². The van der Waals surface area contributed by atoms with Gasteiger partial charge in [-0.15, -0.1) is 0 Å². The number of carboxylic acids is 1. The number of aromatic nitrogens is 2. The Balaban J connectivity index is 1.54. The van der Waals surface area contributed by atoms with Crippen LogP contribution in [0.3, 0.4) is 0 Å². The van der Waals surface area contributed by atoms with Crippen LogP contribution in [0.25, 0.3) is 16.9 Å². The van der Waals surface area contributed by atoms with E-state index in [1.807, 2.05) is 22.7 Å². The van der Waals surface area contributed by atoms with E-state index >= 15 is 0 Å². The van der Waals surface area contributed by atoms with Gasteiger partial charge in [0, 0.05) is 42.5 Å². The van der Waals surface area contributed by atoms with Crippen LogP contribution in [0.5, 0.6) is 0 Å². The first kappa shape index (κ1) is 29.2. The molecule has 0 spiro atoms. The molecule has 0 aliphatic heterocycles. The van der Waals surface area contributed by atoms with Gasteiger partial charge in [0.1, 0.15) is 11.5 Å². The Morgan fingerprint density at radius 1 is 1.07 bits per heavy atom. The van der Waals surface area contributed by atoms with Crippen molar-refractivity contribution in [3.8, 4) is 11.3 Å². The zero-order chi connectivity index (χ0) is 30.5. The van der Waals surface area contributed by atoms with Gasteiger partial charge in [0.2, 0.25) is 5.91 Å². The first-order chi connectivity index (χ1) is 20.7. The molecule has 1 fully saturated rings. The Hall–Kier alpha value is -5.26. The second kappa shape index (κ2) is 12.7. The average molecular weight is 585 g/mol. The minimum Gasteiger partial charge on any atom is -0.481 e. The number of pyridine rings is 1. The van der Waals surface area contributed by atoms with E-state index in [1.54, 1.807) is 30.3 Å². The van der Waals surface area contributed by atoms with E-state index in [9.17, 15) is 29.6 Å². The van der Waals surface area contributed by atoms with Gasteiger partial charge in [-0.25, -0.2) is 4.98 Å². The molecule has 222 valence electrons. The molecule has 4 N–H and O–H groups in total. The molecule has 43 heavy (non-hydrogen) atoms. The highest BCUT2D eigenvalue weighted by Crippen LogP contribution is 2.33. The predicted molar refractivity (Wildman–Crippen MR) is 161 cm³/mol. The van der Waals surface area contributed by atoms with Crippen LogP contribution in [0.1, 0.15) is 67.4 Å². The maximum Gasteiger partial charge on any atom is 0.305 e. The summed E-state index contributed by atoms with van der Waals surface area (Å²) in [6, 6.07) is 15.4. The largest absolute Gasteiger partial charge is 0.481 e. The van der Waals surface area contributed by atoms with Gasteiger partial charge in [0.05, 0.1) is 22.9 Å². The number of non-ortho nitro benzene ring substituents is 1. The van der Waals surface area contributed by atoms with Crippen LogP contribution in [0.2, 0.25) is 0 Å². The molecule has 2 aromatic carbocycles.